The van der Waals surface area contributed by atoms with E-state index in [1.54, 1.807) is 0 Å². The van der Waals surface area contributed by atoms with Gasteiger partial charge in [0.2, 0.25) is 0 Å². The normalized spacial score (nSPS) is 22.0. The molecule has 2 rings (SSSR count). The molecule has 1 aliphatic heterocycles. The van der Waals surface area contributed by atoms with Gasteiger partial charge in [0.05, 0.1) is 0 Å². The van der Waals surface area contributed by atoms with E-state index in [9.17, 15) is 0 Å². The Hall–Kier alpha value is -1.09. The zero-order valence-electron chi connectivity index (χ0n) is 10.2. The lowest BCUT2D eigenvalue weighted by molar-refractivity contribution is 0.176. The molecule has 1 unspecified atom stereocenters. The third-order valence-corrected chi connectivity index (χ3v) is 3.23. The number of nitrogens with one attached hydrogen (secondary N) is 1. The molecule has 1 fully saturated rings. The number of rotatable bonds is 3. The Labute approximate surface area is 97.9 Å². The van der Waals surface area contributed by atoms with E-state index in [0.29, 0.717) is 0 Å². The van der Waals surface area contributed by atoms with E-state index in [4.69, 9.17) is 0 Å². The molecule has 0 aromatic carbocycles. The second kappa shape index (κ2) is 5.30. The molecular weight excluding hydrogens is 198 g/mol. The van der Waals surface area contributed by atoms with Crippen LogP contribution in [-0.2, 0) is 6.54 Å². The van der Waals surface area contributed by atoms with Crippen molar-refractivity contribution in [3.63, 3.8) is 0 Å². The van der Waals surface area contributed by atoms with Gasteiger partial charge in [-0.25, -0.2) is 4.98 Å². The molecule has 0 bridgehead atoms. The second-order valence-electron chi connectivity index (χ2n) is 4.78. The highest BCUT2D eigenvalue weighted by atomic mass is 15.1. The van der Waals surface area contributed by atoms with Gasteiger partial charge in [-0.3, -0.25) is 4.90 Å². The molecule has 0 aliphatic carbocycles. The summed E-state index contributed by atoms with van der Waals surface area (Å²) in [5.41, 5.74) is 1.31. The van der Waals surface area contributed by atoms with Crippen molar-refractivity contribution in [1.82, 2.24) is 9.88 Å². The Bertz CT molecular complexity index is 320. The molecule has 1 saturated heterocycles. The van der Waals surface area contributed by atoms with Crippen LogP contribution in [0.3, 0.4) is 0 Å². The van der Waals surface area contributed by atoms with E-state index in [1.807, 2.05) is 19.3 Å². The summed E-state index contributed by atoms with van der Waals surface area (Å²) in [5.74, 6) is 1.79. The Morgan fingerprint density at radius 1 is 1.50 bits per heavy atom. The third kappa shape index (κ3) is 2.95. The van der Waals surface area contributed by atoms with E-state index in [1.165, 1.54) is 31.5 Å². The van der Waals surface area contributed by atoms with E-state index < -0.39 is 0 Å². The molecule has 3 nitrogen and oxygen atoms in total. The summed E-state index contributed by atoms with van der Waals surface area (Å²) in [6.45, 7) is 5.85. The summed E-state index contributed by atoms with van der Waals surface area (Å²) in [7, 11) is 1.90. The van der Waals surface area contributed by atoms with Crippen LogP contribution in [0.15, 0.2) is 18.3 Å². The van der Waals surface area contributed by atoms with Gasteiger partial charge in [0.1, 0.15) is 5.82 Å². The minimum Gasteiger partial charge on any atom is -0.373 e. The van der Waals surface area contributed by atoms with Crippen LogP contribution in [0.2, 0.25) is 0 Å². The van der Waals surface area contributed by atoms with Gasteiger partial charge in [0, 0.05) is 26.3 Å². The van der Waals surface area contributed by atoms with Crippen LogP contribution in [0.25, 0.3) is 0 Å². The third-order valence-electron chi connectivity index (χ3n) is 3.23. The van der Waals surface area contributed by atoms with Crippen molar-refractivity contribution >= 4 is 5.82 Å². The van der Waals surface area contributed by atoms with Crippen LogP contribution >= 0.6 is 0 Å². The fraction of sp³-hybridized carbons (Fsp3) is 0.615. The Balaban J connectivity index is 1.92. The molecule has 1 N–H and O–H groups in total. The summed E-state index contributed by atoms with van der Waals surface area (Å²) < 4.78 is 0. The average molecular weight is 219 g/mol. The maximum absolute atomic E-state index is 4.34. The topological polar surface area (TPSA) is 28.2 Å². The van der Waals surface area contributed by atoms with Crippen LogP contribution in [0.4, 0.5) is 5.82 Å². The lowest BCUT2D eigenvalue weighted by Gasteiger charge is -2.30. The van der Waals surface area contributed by atoms with Crippen molar-refractivity contribution in [3.05, 3.63) is 23.9 Å². The predicted molar refractivity (Wildman–Crippen MR) is 67.5 cm³/mol. The lowest BCUT2D eigenvalue weighted by Crippen LogP contribution is -2.33. The number of aromatic nitrogens is 1. The summed E-state index contributed by atoms with van der Waals surface area (Å²) >= 11 is 0. The van der Waals surface area contributed by atoms with Crippen molar-refractivity contribution in [2.24, 2.45) is 5.92 Å². The maximum atomic E-state index is 4.34. The summed E-state index contributed by atoms with van der Waals surface area (Å²) in [6, 6.07) is 4.21. The first kappa shape index (κ1) is 11.4. The molecule has 1 aromatic rings. The van der Waals surface area contributed by atoms with Gasteiger partial charge in [-0.15, -0.1) is 0 Å². The Morgan fingerprint density at radius 2 is 2.38 bits per heavy atom. The number of hydrogen-bond acceptors (Lipinski definition) is 3. The van der Waals surface area contributed by atoms with E-state index in [0.717, 1.165) is 18.3 Å². The number of hydrogen-bond donors (Lipinski definition) is 1. The quantitative estimate of drug-likeness (QED) is 0.846. The molecule has 0 radical (unpaired) electrons. The van der Waals surface area contributed by atoms with Crippen LogP contribution in [0.5, 0.6) is 0 Å². The molecule has 0 spiro atoms. The van der Waals surface area contributed by atoms with Crippen LogP contribution in [-0.4, -0.2) is 30.0 Å². The standard InChI is InChI=1S/C13H21N3/c1-11-4-3-7-16(9-11)10-12-5-6-13(14-2)15-8-12/h5-6,8,11H,3-4,7,9-10H2,1-2H3,(H,14,15). The fourth-order valence-electron chi connectivity index (χ4n) is 2.35. The highest BCUT2D eigenvalue weighted by Gasteiger charge is 2.16. The molecule has 0 saturated carbocycles. The largest absolute Gasteiger partial charge is 0.373 e. The van der Waals surface area contributed by atoms with Gasteiger partial charge in [0.15, 0.2) is 0 Å². The zero-order valence-corrected chi connectivity index (χ0v) is 10.2. The summed E-state index contributed by atoms with van der Waals surface area (Å²) in [6.07, 6.45) is 4.70. The van der Waals surface area contributed by atoms with Crippen molar-refractivity contribution < 1.29 is 0 Å². The smallest absolute Gasteiger partial charge is 0.125 e. The molecule has 3 heteroatoms. The van der Waals surface area contributed by atoms with Crippen LogP contribution in [0.1, 0.15) is 25.3 Å². The highest BCUT2D eigenvalue weighted by Crippen LogP contribution is 2.17. The minimum absolute atomic E-state index is 0.846. The van der Waals surface area contributed by atoms with Gasteiger partial charge in [-0.2, -0.15) is 0 Å². The first-order valence-electron chi connectivity index (χ1n) is 6.13. The summed E-state index contributed by atoms with van der Waals surface area (Å²) in [5, 5.41) is 3.04. The van der Waals surface area contributed by atoms with Crippen molar-refractivity contribution in [2.75, 3.05) is 25.5 Å². The Kier molecular flexibility index (Phi) is 3.78. The maximum Gasteiger partial charge on any atom is 0.125 e. The molecule has 0 amide bonds. The highest BCUT2D eigenvalue weighted by molar-refractivity contribution is 5.34. The average Bonchev–Trinajstić information content (AvgIpc) is 2.30. The molecule has 2 heterocycles. The van der Waals surface area contributed by atoms with Gasteiger partial charge >= 0.3 is 0 Å². The molecule has 88 valence electrons. The SMILES string of the molecule is CNc1ccc(CN2CCCC(C)C2)cn1. The van der Waals surface area contributed by atoms with Gasteiger partial charge in [-0.05, 0) is 36.9 Å². The molecular formula is C13H21N3. The van der Waals surface area contributed by atoms with Gasteiger partial charge in [0.25, 0.3) is 0 Å². The molecule has 1 aliphatic rings. The monoisotopic (exact) mass is 219 g/mol. The lowest BCUT2D eigenvalue weighted by atomic mass is 10.00. The molecule has 16 heavy (non-hydrogen) atoms. The number of nitrogens with zero attached hydrogens (tertiary/aromatic N) is 2. The van der Waals surface area contributed by atoms with Crippen LogP contribution < -0.4 is 5.32 Å². The second-order valence-corrected chi connectivity index (χ2v) is 4.78. The van der Waals surface area contributed by atoms with Crippen molar-refractivity contribution in [3.8, 4) is 0 Å². The summed E-state index contributed by atoms with van der Waals surface area (Å²) in [4.78, 5) is 6.88. The van der Waals surface area contributed by atoms with E-state index >= 15 is 0 Å². The van der Waals surface area contributed by atoms with Crippen molar-refractivity contribution in [1.29, 1.82) is 0 Å². The van der Waals surface area contributed by atoms with E-state index in [2.05, 4.69) is 28.2 Å². The van der Waals surface area contributed by atoms with Gasteiger partial charge in [-0.1, -0.05) is 13.0 Å². The van der Waals surface area contributed by atoms with Crippen molar-refractivity contribution in [2.45, 2.75) is 26.3 Å². The predicted octanol–water partition coefficient (Wildman–Crippen LogP) is 2.36. The van der Waals surface area contributed by atoms with Gasteiger partial charge < -0.3 is 5.32 Å². The Morgan fingerprint density at radius 3 is 3.00 bits per heavy atom. The number of anilines is 1. The number of likely N-dealkylation sites (tertiary alicyclic amines) is 1. The zero-order chi connectivity index (χ0) is 11.4. The molecule has 1 atom stereocenters. The molecule has 1 aromatic heterocycles. The first-order valence-corrected chi connectivity index (χ1v) is 6.13. The number of piperidine rings is 1. The first-order chi connectivity index (χ1) is 7.78. The van der Waals surface area contributed by atoms with E-state index in [-0.39, 0.29) is 0 Å². The number of pyridine rings is 1. The minimum atomic E-state index is 0.846. The fourth-order valence-corrected chi connectivity index (χ4v) is 2.35. The van der Waals surface area contributed by atoms with Crippen LogP contribution in [0, 0.1) is 5.92 Å².